The third-order valence-corrected chi connectivity index (χ3v) is 7.69. The highest BCUT2D eigenvalue weighted by atomic mass is 32.2. The van der Waals surface area contributed by atoms with Crippen LogP contribution in [0.25, 0.3) is 11.0 Å². The quantitative estimate of drug-likeness (QED) is 0.414. The van der Waals surface area contributed by atoms with Gasteiger partial charge in [0.25, 0.3) is 0 Å². The number of hydrogen-bond acceptors (Lipinski definition) is 9. The number of carbonyl (C=O) groups excluding carboxylic acids is 1. The van der Waals surface area contributed by atoms with Gasteiger partial charge < -0.3 is 20.5 Å². The number of piperazine rings is 1. The third kappa shape index (κ3) is 5.91. The Hall–Kier alpha value is -4.05. The van der Waals surface area contributed by atoms with Gasteiger partial charge in [0.15, 0.2) is 0 Å². The Morgan fingerprint density at radius 3 is 2.47 bits per heavy atom. The fourth-order valence-electron chi connectivity index (χ4n) is 3.98. The van der Waals surface area contributed by atoms with Crippen molar-refractivity contribution in [2.45, 2.75) is 30.1 Å². The average molecular weight is 555 g/mol. The van der Waals surface area contributed by atoms with Crippen LogP contribution in [0, 0.1) is 0 Å². The van der Waals surface area contributed by atoms with Crippen molar-refractivity contribution in [3.8, 4) is 5.75 Å². The van der Waals surface area contributed by atoms with Crippen molar-refractivity contribution >= 4 is 38.8 Å². The number of anilines is 1. The lowest BCUT2D eigenvalue weighted by atomic mass is 10.1. The fourth-order valence-corrected chi connectivity index (χ4v) is 5.55. The van der Waals surface area contributed by atoms with Crippen molar-refractivity contribution in [3.63, 3.8) is 0 Å². The number of ether oxygens (including phenoxy) is 1. The minimum Gasteiger partial charge on any atom is -0.480 e. The molecule has 0 unspecified atom stereocenters. The zero-order chi connectivity index (χ0) is 27.7. The van der Waals surface area contributed by atoms with Crippen LogP contribution in [0.2, 0.25) is 0 Å². The molecule has 0 aliphatic carbocycles. The van der Waals surface area contributed by atoms with Gasteiger partial charge in [-0.3, -0.25) is 14.6 Å². The number of pyridine rings is 1. The molecule has 12 nitrogen and oxygen atoms in total. The summed E-state index contributed by atoms with van der Waals surface area (Å²) in [4.78, 5) is 37.4. The number of primary amides is 1. The highest BCUT2D eigenvalue weighted by Crippen LogP contribution is 2.28. The van der Waals surface area contributed by atoms with Crippen LogP contribution in [-0.4, -0.2) is 76.7 Å². The first kappa shape index (κ1) is 27.0. The fraction of sp³-hybridized carbons (Fsp3) is 0.318. The number of sulfonamides is 1. The summed E-state index contributed by atoms with van der Waals surface area (Å²) in [6, 6.07) is 1.98. The van der Waals surface area contributed by atoms with Crippen LogP contribution in [-0.2, 0) is 26.0 Å². The van der Waals surface area contributed by atoms with Crippen LogP contribution in [0.15, 0.2) is 47.8 Å². The van der Waals surface area contributed by atoms with Crippen molar-refractivity contribution in [2.24, 2.45) is 5.73 Å². The molecule has 0 spiro atoms. The molecule has 1 saturated heterocycles. The molecule has 0 saturated carbocycles. The van der Waals surface area contributed by atoms with E-state index in [1.54, 1.807) is 4.90 Å². The first-order valence-corrected chi connectivity index (χ1v) is 12.5. The molecule has 3 aromatic rings. The van der Waals surface area contributed by atoms with E-state index in [9.17, 15) is 36.3 Å². The van der Waals surface area contributed by atoms with Gasteiger partial charge in [-0.15, -0.1) is 13.2 Å². The first-order chi connectivity index (χ1) is 17.8. The number of amides is 1. The summed E-state index contributed by atoms with van der Waals surface area (Å²) >= 11 is 0. The number of alkyl halides is 3. The van der Waals surface area contributed by atoms with Crippen LogP contribution in [0.3, 0.4) is 0 Å². The molecule has 1 aromatic carbocycles. The van der Waals surface area contributed by atoms with Gasteiger partial charge in [0.2, 0.25) is 15.9 Å². The zero-order valence-electron chi connectivity index (χ0n) is 19.5. The van der Waals surface area contributed by atoms with Crippen LogP contribution < -0.4 is 15.4 Å². The van der Waals surface area contributed by atoms with Crippen molar-refractivity contribution in [1.29, 1.82) is 0 Å². The number of hydrogen-bond donors (Lipinski definition) is 2. The molecule has 16 heteroatoms. The summed E-state index contributed by atoms with van der Waals surface area (Å²) in [6.45, 7) is -0.462. The maximum atomic E-state index is 13.2. The highest BCUT2D eigenvalue weighted by Gasteiger charge is 2.41. The van der Waals surface area contributed by atoms with Crippen LogP contribution in [0.5, 0.6) is 5.75 Å². The molecule has 0 radical (unpaired) electrons. The van der Waals surface area contributed by atoms with Crippen LogP contribution in [0.4, 0.5) is 19.0 Å². The van der Waals surface area contributed by atoms with E-state index in [0.717, 1.165) is 28.6 Å². The van der Waals surface area contributed by atoms with Crippen molar-refractivity contribution < 1.29 is 41.0 Å². The number of aliphatic carboxylic acids is 1. The summed E-state index contributed by atoms with van der Waals surface area (Å²) in [5.41, 5.74) is 6.74. The number of carbonyl (C=O) groups is 2. The minimum absolute atomic E-state index is 0.0557. The van der Waals surface area contributed by atoms with Gasteiger partial charge in [0, 0.05) is 32.3 Å². The number of halogens is 3. The van der Waals surface area contributed by atoms with E-state index in [1.807, 2.05) is 0 Å². The predicted molar refractivity (Wildman–Crippen MR) is 126 cm³/mol. The van der Waals surface area contributed by atoms with E-state index in [1.165, 1.54) is 18.6 Å². The molecule has 3 N–H and O–H groups in total. The zero-order valence-corrected chi connectivity index (χ0v) is 20.3. The SMILES string of the molecule is NC(=O)CCc1cncc2ncc(N3CCN(S(=O)(=O)c4ccc(OC(F)(F)F)cc4)[C@@H](C(=O)O)C3)nc12. The normalized spacial score (nSPS) is 16.9. The first-order valence-electron chi connectivity index (χ1n) is 11.1. The second-order valence-corrected chi connectivity index (χ2v) is 10.2. The topological polar surface area (TPSA) is 169 Å². The van der Waals surface area contributed by atoms with E-state index in [0.29, 0.717) is 22.4 Å². The van der Waals surface area contributed by atoms with Crippen LogP contribution >= 0.6 is 0 Å². The number of carboxylic acids is 1. The van der Waals surface area contributed by atoms with E-state index < -0.39 is 40.1 Å². The molecule has 1 fully saturated rings. The third-order valence-electron chi connectivity index (χ3n) is 5.76. The van der Waals surface area contributed by atoms with Crippen LogP contribution in [0.1, 0.15) is 12.0 Å². The molecule has 2 aromatic heterocycles. The molecule has 4 rings (SSSR count). The monoisotopic (exact) mass is 554 g/mol. The predicted octanol–water partition coefficient (Wildman–Crippen LogP) is 1.31. The molecule has 38 heavy (non-hydrogen) atoms. The Labute approximate surface area is 213 Å². The number of aryl methyl sites for hydroxylation is 1. The summed E-state index contributed by atoms with van der Waals surface area (Å²) in [5, 5.41) is 9.83. The number of benzene rings is 1. The van der Waals surface area contributed by atoms with Gasteiger partial charge in [-0.2, -0.15) is 4.31 Å². The minimum atomic E-state index is -4.95. The Morgan fingerprint density at radius 1 is 1.13 bits per heavy atom. The highest BCUT2D eigenvalue weighted by molar-refractivity contribution is 7.89. The molecular formula is C22H21F3N6O6S. The van der Waals surface area contributed by atoms with Gasteiger partial charge in [0.05, 0.1) is 22.8 Å². The smallest absolute Gasteiger partial charge is 0.480 e. The van der Waals surface area contributed by atoms with Gasteiger partial charge in [-0.25, -0.2) is 18.4 Å². The second kappa shape index (κ2) is 10.4. The Bertz CT molecular complexity index is 1470. The van der Waals surface area contributed by atoms with Crippen molar-refractivity contribution in [1.82, 2.24) is 19.3 Å². The molecular weight excluding hydrogens is 533 g/mol. The summed E-state index contributed by atoms with van der Waals surface area (Å²) in [5.74, 6) is -2.25. The second-order valence-electron chi connectivity index (χ2n) is 8.30. The maximum absolute atomic E-state index is 13.2. The van der Waals surface area contributed by atoms with Gasteiger partial charge in [0.1, 0.15) is 23.1 Å². The Morgan fingerprint density at radius 2 is 1.84 bits per heavy atom. The molecule has 1 amide bonds. The van der Waals surface area contributed by atoms with Gasteiger partial charge >= 0.3 is 12.3 Å². The van der Waals surface area contributed by atoms with E-state index >= 15 is 0 Å². The standard InChI is InChI=1S/C22H21F3N6O6S/c23-22(24,25)37-14-2-4-15(5-3-14)38(35,36)31-8-7-30(12-17(31)21(33)34)19-11-28-16-10-27-9-13(20(16)29-19)1-6-18(26)32/h2-5,9-11,17H,1,6-8,12H2,(H2,26,32)(H,33,34)/t17-/m1/s1. The lowest BCUT2D eigenvalue weighted by Crippen LogP contribution is -2.58. The number of nitrogens with two attached hydrogens (primary N) is 1. The molecule has 1 aliphatic heterocycles. The van der Waals surface area contributed by atoms with Crippen molar-refractivity contribution in [2.75, 3.05) is 24.5 Å². The molecule has 1 atom stereocenters. The Kier molecular flexibility index (Phi) is 7.37. The molecule has 0 bridgehead atoms. The summed E-state index contributed by atoms with van der Waals surface area (Å²) < 4.78 is 68.2. The average Bonchev–Trinajstić information content (AvgIpc) is 2.86. The summed E-state index contributed by atoms with van der Waals surface area (Å²) in [7, 11) is -4.38. The lowest BCUT2D eigenvalue weighted by Gasteiger charge is -2.38. The summed E-state index contributed by atoms with van der Waals surface area (Å²) in [6.07, 6.45) is -0.197. The molecule has 3 heterocycles. The number of carboxylic acid groups (broad SMARTS) is 1. The maximum Gasteiger partial charge on any atom is 0.573 e. The Balaban J connectivity index is 1.58. The number of fused-ring (bicyclic) bond motifs is 1. The largest absolute Gasteiger partial charge is 0.573 e. The number of rotatable bonds is 8. The van der Waals surface area contributed by atoms with Gasteiger partial charge in [-0.1, -0.05) is 0 Å². The van der Waals surface area contributed by atoms with E-state index in [4.69, 9.17) is 5.73 Å². The number of nitrogens with zero attached hydrogens (tertiary/aromatic N) is 5. The molecule has 1 aliphatic rings. The van der Waals surface area contributed by atoms with Crippen molar-refractivity contribution in [3.05, 3.63) is 48.4 Å². The number of aromatic nitrogens is 3. The van der Waals surface area contributed by atoms with E-state index in [-0.39, 0.29) is 37.4 Å². The lowest BCUT2D eigenvalue weighted by molar-refractivity contribution is -0.274. The van der Waals surface area contributed by atoms with E-state index in [2.05, 4.69) is 19.7 Å². The van der Waals surface area contributed by atoms with Gasteiger partial charge in [-0.05, 0) is 36.2 Å². The molecule has 202 valence electrons.